The van der Waals surface area contributed by atoms with Crippen molar-refractivity contribution in [2.45, 2.75) is 58.9 Å². The van der Waals surface area contributed by atoms with E-state index in [0.29, 0.717) is 25.7 Å². The summed E-state index contributed by atoms with van der Waals surface area (Å²) < 4.78 is 5.12. The molecule has 3 rings (SSSR count). The Labute approximate surface area is 148 Å². The average molecular weight is 343 g/mol. The molecule has 5 heteroatoms. The lowest BCUT2D eigenvalue weighted by molar-refractivity contribution is -0.159. The zero-order valence-corrected chi connectivity index (χ0v) is 15.3. The summed E-state index contributed by atoms with van der Waals surface area (Å²) in [6.07, 6.45) is 4.12. The number of ether oxygens (including phenoxy) is 1. The van der Waals surface area contributed by atoms with Crippen LogP contribution < -0.4 is 0 Å². The number of rotatable bonds is 1. The summed E-state index contributed by atoms with van der Waals surface area (Å²) in [7, 11) is 1.38. The topological polar surface area (TPSA) is 64.8 Å². The lowest BCUT2D eigenvalue weighted by Crippen LogP contribution is -2.60. The van der Waals surface area contributed by atoms with Gasteiger partial charge in [-0.25, -0.2) is 6.57 Å². The minimum Gasteiger partial charge on any atom is -0.468 e. The number of ketones is 2. The zero-order valence-electron chi connectivity index (χ0n) is 15.3. The minimum atomic E-state index is -0.781. The molecule has 0 amide bonds. The van der Waals surface area contributed by atoms with Crippen molar-refractivity contribution in [1.29, 1.82) is 0 Å². The van der Waals surface area contributed by atoms with Gasteiger partial charge in [0.25, 0.3) is 6.04 Å². The number of carbonyl (C=O) groups is 3. The second-order valence-electron chi connectivity index (χ2n) is 8.54. The third kappa shape index (κ3) is 2.23. The quantitative estimate of drug-likeness (QED) is 0.542. The largest absolute Gasteiger partial charge is 0.468 e. The van der Waals surface area contributed by atoms with Crippen LogP contribution in [-0.4, -0.2) is 30.7 Å². The number of allylic oxidation sites excluding steroid dienone is 1. The Hall–Kier alpha value is -1.96. The smallest absolute Gasteiger partial charge is 0.315 e. The van der Waals surface area contributed by atoms with Gasteiger partial charge in [-0.1, -0.05) is 20.8 Å². The Balaban J connectivity index is 2.20. The van der Waals surface area contributed by atoms with Crippen LogP contribution in [0.25, 0.3) is 4.85 Å². The van der Waals surface area contributed by atoms with Crippen LogP contribution in [0.5, 0.6) is 0 Å². The number of fused-ring (bicyclic) bond motifs is 3. The molecule has 0 saturated heterocycles. The number of esters is 1. The van der Waals surface area contributed by atoms with Crippen molar-refractivity contribution < 1.29 is 19.1 Å². The molecule has 4 atom stereocenters. The van der Waals surface area contributed by atoms with E-state index < -0.39 is 22.3 Å². The van der Waals surface area contributed by atoms with E-state index in [0.717, 1.165) is 12.0 Å². The van der Waals surface area contributed by atoms with Crippen molar-refractivity contribution in [3.8, 4) is 0 Å². The Kier molecular flexibility index (Phi) is 3.94. The van der Waals surface area contributed by atoms with E-state index in [9.17, 15) is 14.4 Å². The molecular weight excluding hydrogens is 318 g/mol. The summed E-state index contributed by atoms with van der Waals surface area (Å²) in [6, 6.07) is -0.720. The van der Waals surface area contributed by atoms with Gasteiger partial charge in [0.2, 0.25) is 5.78 Å². The minimum absolute atomic E-state index is 0.0143. The molecule has 0 radical (unpaired) electrons. The van der Waals surface area contributed by atoms with Gasteiger partial charge in [0.05, 0.1) is 12.5 Å². The van der Waals surface area contributed by atoms with Gasteiger partial charge < -0.3 is 9.58 Å². The summed E-state index contributed by atoms with van der Waals surface area (Å²) in [5.41, 5.74) is -1.15. The van der Waals surface area contributed by atoms with Crippen molar-refractivity contribution in [2.75, 3.05) is 7.11 Å². The van der Waals surface area contributed by atoms with Gasteiger partial charge >= 0.3 is 5.97 Å². The van der Waals surface area contributed by atoms with E-state index in [2.05, 4.69) is 4.85 Å². The highest BCUT2D eigenvalue weighted by Crippen LogP contribution is 2.65. The first-order valence-electron chi connectivity index (χ1n) is 8.88. The maximum Gasteiger partial charge on any atom is 0.315 e. The van der Waals surface area contributed by atoms with Gasteiger partial charge in [0.15, 0.2) is 5.78 Å². The lowest BCUT2D eigenvalue weighted by atomic mass is 9.43. The SMILES string of the molecule is [C-]#[N+]C1C[C@]2(C)C3=CC(=O)CC[C@]3(C(=O)OC)CC[C@H]2C(C)(C)C1=O. The third-order valence-corrected chi connectivity index (χ3v) is 7.02. The molecule has 3 aliphatic rings. The number of methoxy groups -OCH3 is 1. The standard InChI is InChI=1S/C20H25NO4/c1-18(2)14-7-9-20(17(24)25-5)8-6-12(22)10-15(20)19(14,3)11-13(21-4)16(18)23/h10,13-14H,6-9,11H2,1-3,5H3/t13?,14-,19-,20-/m0/s1. The van der Waals surface area contributed by atoms with E-state index in [1.54, 1.807) is 6.08 Å². The number of Topliss-reactive ketones (excluding diaryl/α,β-unsaturated/α-hetero) is 1. The first-order chi connectivity index (χ1) is 11.6. The van der Waals surface area contributed by atoms with E-state index >= 15 is 0 Å². The number of carbonyl (C=O) groups excluding carboxylic acids is 3. The van der Waals surface area contributed by atoms with Crippen LogP contribution in [0.3, 0.4) is 0 Å². The fourth-order valence-electron chi connectivity index (χ4n) is 5.83. The van der Waals surface area contributed by atoms with Gasteiger partial charge in [-0.2, -0.15) is 0 Å². The molecule has 3 aliphatic carbocycles. The van der Waals surface area contributed by atoms with Gasteiger partial charge in [-0.05, 0) is 36.8 Å². The number of hydrogen-bond donors (Lipinski definition) is 0. The van der Waals surface area contributed by atoms with Gasteiger partial charge in [0, 0.05) is 23.7 Å². The van der Waals surface area contributed by atoms with Gasteiger partial charge in [0.1, 0.15) is 0 Å². The summed E-state index contributed by atoms with van der Waals surface area (Å²) in [5, 5.41) is 0. The van der Waals surface area contributed by atoms with Crippen LogP contribution in [0.15, 0.2) is 11.6 Å². The van der Waals surface area contributed by atoms with E-state index in [1.165, 1.54) is 7.11 Å². The summed E-state index contributed by atoms with van der Waals surface area (Å²) >= 11 is 0. The molecule has 2 fully saturated rings. The molecular formula is C20H25NO4. The number of nitrogens with zero attached hydrogens (tertiary/aromatic N) is 1. The third-order valence-electron chi connectivity index (χ3n) is 7.02. The molecule has 5 nitrogen and oxygen atoms in total. The van der Waals surface area contributed by atoms with Crippen LogP contribution in [0.1, 0.15) is 52.9 Å². The second-order valence-corrected chi connectivity index (χ2v) is 8.54. The van der Waals surface area contributed by atoms with Crippen molar-refractivity contribution in [1.82, 2.24) is 0 Å². The summed E-state index contributed by atoms with van der Waals surface area (Å²) in [4.78, 5) is 41.3. The maximum atomic E-state index is 12.8. The molecule has 0 N–H and O–H groups in total. The fourth-order valence-corrected chi connectivity index (χ4v) is 5.83. The van der Waals surface area contributed by atoms with Crippen LogP contribution >= 0.6 is 0 Å². The first-order valence-corrected chi connectivity index (χ1v) is 8.88. The Morgan fingerprint density at radius 1 is 1.28 bits per heavy atom. The van der Waals surface area contributed by atoms with Crippen molar-refractivity contribution >= 4 is 17.5 Å². The molecule has 0 bridgehead atoms. The van der Waals surface area contributed by atoms with Gasteiger partial charge in [-0.3, -0.25) is 14.4 Å². The van der Waals surface area contributed by atoms with Crippen molar-refractivity contribution in [3.63, 3.8) is 0 Å². The fraction of sp³-hybridized carbons (Fsp3) is 0.700. The molecule has 134 valence electrons. The summed E-state index contributed by atoms with van der Waals surface area (Å²) in [5.74, 6) is -0.274. The maximum absolute atomic E-state index is 12.8. The number of hydrogen-bond acceptors (Lipinski definition) is 4. The average Bonchev–Trinajstić information content (AvgIpc) is 2.58. The monoisotopic (exact) mass is 343 g/mol. The highest BCUT2D eigenvalue weighted by Gasteiger charge is 2.65. The molecule has 2 saturated carbocycles. The lowest BCUT2D eigenvalue weighted by Gasteiger charge is -2.58. The van der Waals surface area contributed by atoms with E-state index in [4.69, 9.17) is 11.3 Å². The molecule has 1 unspecified atom stereocenters. The first kappa shape index (κ1) is 17.8. The summed E-state index contributed by atoms with van der Waals surface area (Å²) in [6.45, 7) is 13.3. The second kappa shape index (κ2) is 5.52. The normalized spacial score (nSPS) is 39.6. The molecule has 0 aromatic heterocycles. The highest BCUT2D eigenvalue weighted by molar-refractivity contribution is 5.97. The Bertz CT molecular complexity index is 728. The van der Waals surface area contributed by atoms with E-state index in [-0.39, 0.29) is 23.5 Å². The predicted octanol–water partition coefficient (Wildman–Crippen LogP) is 3.14. The molecule has 0 spiro atoms. The zero-order chi connectivity index (χ0) is 18.6. The van der Waals surface area contributed by atoms with Crippen LogP contribution in [0, 0.1) is 28.7 Å². The molecule has 25 heavy (non-hydrogen) atoms. The van der Waals surface area contributed by atoms with Crippen LogP contribution in [0.2, 0.25) is 0 Å². The van der Waals surface area contributed by atoms with E-state index in [1.807, 2.05) is 20.8 Å². The highest BCUT2D eigenvalue weighted by atomic mass is 16.5. The predicted molar refractivity (Wildman–Crippen MR) is 91.4 cm³/mol. The Morgan fingerprint density at radius 2 is 1.96 bits per heavy atom. The Morgan fingerprint density at radius 3 is 2.56 bits per heavy atom. The molecule has 0 aliphatic heterocycles. The van der Waals surface area contributed by atoms with Crippen molar-refractivity contribution in [3.05, 3.63) is 23.1 Å². The van der Waals surface area contributed by atoms with Gasteiger partial charge in [-0.15, -0.1) is 0 Å². The molecule has 0 aromatic rings. The molecule has 0 heterocycles. The molecule has 0 aromatic carbocycles. The van der Waals surface area contributed by atoms with Crippen LogP contribution in [-0.2, 0) is 19.1 Å². The van der Waals surface area contributed by atoms with Crippen molar-refractivity contribution in [2.24, 2.45) is 22.2 Å². The van der Waals surface area contributed by atoms with Crippen LogP contribution in [0.4, 0.5) is 0 Å².